The van der Waals surface area contributed by atoms with Crippen LogP contribution in [-0.2, 0) is 11.3 Å². The van der Waals surface area contributed by atoms with E-state index in [4.69, 9.17) is 0 Å². The molecule has 1 aromatic rings. The number of aromatic amines is 1. The van der Waals surface area contributed by atoms with Crippen LogP contribution in [0.25, 0.3) is 0 Å². The Morgan fingerprint density at radius 2 is 2.58 bits per heavy atom. The molecule has 1 saturated carbocycles. The molecule has 1 aliphatic rings. The Kier molecular flexibility index (Phi) is 1.81. The van der Waals surface area contributed by atoms with E-state index in [0.717, 1.165) is 18.4 Å². The van der Waals surface area contributed by atoms with Crippen LogP contribution in [0.1, 0.15) is 18.4 Å². The van der Waals surface area contributed by atoms with Crippen LogP contribution in [0.3, 0.4) is 0 Å². The largest absolute Gasteiger partial charge is 0.352 e. The van der Waals surface area contributed by atoms with Gasteiger partial charge in [0.2, 0.25) is 5.91 Å². The molecule has 4 heteroatoms. The fraction of sp³-hybridized carbons (Fsp3) is 0.500. The van der Waals surface area contributed by atoms with Crippen molar-refractivity contribution < 1.29 is 4.79 Å². The van der Waals surface area contributed by atoms with Gasteiger partial charge >= 0.3 is 0 Å². The highest BCUT2D eigenvalue weighted by Crippen LogP contribution is 2.28. The monoisotopic (exact) mass is 165 g/mol. The highest BCUT2D eigenvalue weighted by Gasteiger charge is 2.29. The van der Waals surface area contributed by atoms with Crippen molar-refractivity contribution in [3.05, 3.63) is 18.0 Å². The van der Waals surface area contributed by atoms with Gasteiger partial charge in [-0.15, -0.1) is 0 Å². The molecule has 1 aliphatic carbocycles. The Hall–Kier alpha value is -1.32. The molecule has 64 valence electrons. The molecule has 0 radical (unpaired) electrons. The maximum atomic E-state index is 11.2. The van der Waals surface area contributed by atoms with E-state index in [1.54, 1.807) is 12.4 Å². The van der Waals surface area contributed by atoms with Gasteiger partial charge in [-0.3, -0.25) is 9.89 Å². The van der Waals surface area contributed by atoms with Crippen LogP contribution in [0.5, 0.6) is 0 Å². The summed E-state index contributed by atoms with van der Waals surface area (Å²) in [6.07, 6.45) is 5.61. The first-order valence-corrected chi connectivity index (χ1v) is 4.11. The van der Waals surface area contributed by atoms with Gasteiger partial charge in [-0.05, 0) is 12.8 Å². The van der Waals surface area contributed by atoms with Crippen LogP contribution < -0.4 is 5.32 Å². The van der Waals surface area contributed by atoms with Crippen LogP contribution in [0.2, 0.25) is 0 Å². The van der Waals surface area contributed by atoms with Gasteiger partial charge in [-0.1, -0.05) is 0 Å². The molecule has 1 amide bonds. The van der Waals surface area contributed by atoms with Gasteiger partial charge in [-0.25, -0.2) is 0 Å². The van der Waals surface area contributed by atoms with E-state index in [9.17, 15) is 4.79 Å². The van der Waals surface area contributed by atoms with Gasteiger partial charge in [-0.2, -0.15) is 5.10 Å². The lowest BCUT2D eigenvalue weighted by atomic mass is 10.3. The summed E-state index contributed by atoms with van der Waals surface area (Å²) in [5.74, 6) is 0.466. The summed E-state index contributed by atoms with van der Waals surface area (Å²) in [7, 11) is 0. The van der Waals surface area contributed by atoms with Crippen LogP contribution in [0.15, 0.2) is 12.4 Å². The molecule has 0 spiro atoms. The molecule has 2 N–H and O–H groups in total. The second-order valence-electron chi connectivity index (χ2n) is 3.10. The Bertz CT molecular complexity index is 264. The SMILES string of the molecule is O=C(NCc1cn[nH]c1)C1CC1. The molecule has 1 fully saturated rings. The third kappa shape index (κ3) is 1.64. The van der Waals surface area contributed by atoms with Crippen LogP contribution in [0, 0.1) is 5.92 Å². The standard InChI is InChI=1S/C8H11N3O/c12-8(7-1-2-7)9-3-6-4-10-11-5-6/h4-5,7H,1-3H2,(H,9,12)(H,10,11). The fourth-order valence-corrected chi connectivity index (χ4v) is 1.05. The fourth-order valence-electron chi connectivity index (χ4n) is 1.05. The summed E-state index contributed by atoms with van der Waals surface area (Å²) in [5.41, 5.74) is 1.02. The molecule has 12 heavy (non-hydrogen) atoms. The van der Waals surface area contributed by atoms with E-state index in [0.29, 0.717) is 6.54 Å². The smallest absolute Gasteiger partial charge is 0.223 e. The second-order valence-corrected chi connectivity index (χ2v) is 3.10. The number of carbonyl (C=O) groups excluding carboxylic acids is 1. The average Bonchev–Trinajstić information content (AvgIpc) is 2.80. The number of carbonyl (C=O) groups is 1. The second kappa shape index (κ2) is 2.97. The normalized spacial score (nSPS) is 16.0. The van der Waals surface area contributed by atoms with Crippen molar-refractivity contribution in [2.24, 2.45) is 5.92 Å². The summed E-state index contributed by atoms with van der Waals surface area (Å²) in [6, 6.07) is 0. The number of hydrogen-bond donors (Lipinski definition) is 2. The van der Waals surface area contributed by atoms with Gasteiger partial charge in [0.25, 0.3) is 0 Å². The minimum atomic E-state index is 0.177. The first kappa shape index (κ1) is 7.34. The van der Waals surface area contributed by atoms with Crippen molar-refractivity contribution in [3.63, 3.8) is 0 Å². The summed E-state index contributed by atoms with van der Waals surface area (Å²) >= 11 is 0. The topological polar surface area (TPSA) is 57.8 Å². The molecule has 1 aromatic heterocycles. The van der Waals surface area contributed by atoms with Gasteiger partial charge in [0, 0.05) is 24.2 Å². The number of aromatic nitrogens is 2. The zero-order chi connectivity index (χ0) is 8.39. The number of hydrogen-bond acceptors (Lipinski definition) is 2. The Balaban J connectivity index is 1.78. The van der Waals surface area contributed by atoms with Crippen LogP contribution in [-0.4, -0.2) is 16.1 Å². The highest BCUT2D eigenvalue weighted by molar-refractivity contribution is 5.80. The van der Waals surface area contributed by atoms with E-state index in [-0.39, 0.29) is 11.8 Å². The highest BCUT2D eigenvalue weighted by atomic mass is 16.2. The molecule has 4 nitrogen and oxygen atoms in total. The first-order valence-electron chi connectivity index (χ1n) is 4.11. The maximum Gasteiger partial charge on any atom is 0.223 e. The number of H-pyrrole nitrogens is 1. The molecule has 2 rings (SSSR count). The predicted octanol–water partition coefficient (Wildman–Crippen LogP) is 0.436. The Morgan fingerprint density at radius 1 is 1.75 bits per heavy atom. The number of nitrogens with zero attached hydrogens (tertiary/aromatic N) is 1. The van der Waals surface area contributed by atoms with Crippen molar-refractivity contribution in [2.75, 3.05) is 0 Å². The van der Waals surface area contributed by atoms with Crippen LogP contribution >= 0.6 is 0 Å². The summed E-state index contributed by atoms with van der Waals surface area (Å²) in [6.45, 7) is 0.589. The number of amides is 1. The third-order valence-corrected chi connectivity index (χ3v) is 1.97. The maximum absolute atomic E-state index is 11.2. The Morgan fingerprint density at radius 3 is 3.17 bits per heavy atom. The molecule has 1 heterocycles. The van der Waals surface area contributed by atoms with E-state index in [2.05, 4.69) is 15.5 Å². The molecule has 0 unspecified atom stereocenters. The minimum Gasteiger partial charge on any atom is -0.352 e. The molecule has 0 bridgehead atoms. The Labute approximate surface area is 70.4 Å². The van der Waals surface area contributed by atoms with Crippen molar-refractivity contribution in [3.8, 4) is 0 Å². The molecular formula is C8H11N3O. The zero-order valence-electron chi connectivity index (χ0n) is 6.71. The first-order chi connectivity index (χ1) is 5.86. The quantitative estimate of drug-likeness (QED) is 0.682. The molecule has 0 aliphatic heterocycles. The minimum absolute atomic E-state index is 0.177. The predicted molar refractivity (Wildman–Crippen MR) is 43.2 cm³/mol. The summed E-state index contributed by atoms with van der Waals surface area (Å²) in [4.78, 5) is 11.2. The number of nitrogens with one attached hydrogen (secondary N) is 2. The van der Waals surface area contributed by atoms with Crippen molar-refractivity contribution in [2.45, 2.75) is 19.4 Å². The zero-order valence-corrected chi connectivity index (χ0v) is 6.71. The molecular weight excluding hydrogens is 154 g/mol. The lowest BCUT2D eigenvalue weighted by molar-refractivity contribution is -0.122. The van der Waals surface area contributed by atoms with E-state index < -0.39 is 0 Å². The van der Waals surface area contributed by atoms with E-state index >= 15 is 0 Å². The van der Waals surface area contributed by atoms with Crippen molar-refractivity contribution in [1.82, 2.24) is 15.5 Å². The molecule has 0 aromatic carbocycles. The van der Waals surface area contributed by atoms with Gasteiger partial charge in [0.15, 0.2) is 0 Å². The van der Waals surface area contributed by atoms with Crippen molar-refractivity contribution in [1.29, 1.82) is 0 Å². The lowest BCUT2D eigenvalue weighted by Crippen LogP contribution is -2.23. The molecule has 0 saturated heterocycles. The third-order valence-electron chi connectivity index (χ3n) is 1.97. The van der Waals surface area contributed by atoms with E-state index in [1.807, 2.05) is 0 Å². The van der Waals surface area contributed by atoms with Gasteiger partial charge in [0.1, 0.15) is 0 Å². The molecule has 0 atom stereocenters. The average molecular weight is 165 g/mol. The summed E-state index contributed by atoms with van der Waals surface area (Å²) in [5, 5.41) is 9.33. The summed E-state index contributed by atoms with van der Waals surface area (Å²) < 4.78 is 0. The lowest BCUT2D eigenvalue weighted by Gasteiger charge is -1.99. The van der Waals surface area contributed by atoms with E-state index in [1.165, 1.54) is 0 Å². The van der Waals surface area contributed by atoms with Crippen LogP contribution in [0.4, 0.5) is 0 Å². The number of rotatable bonds is 3. The van der Waals surface area contributed by atoms with Crippen molar-refractivity contribution >= 4 is 5.91 Å². The van der Waals surface area contributed by atoms with Gasteiger partial charge < -0.3 is 5.32 Å². The van der Waals surface area contributed by atoms with Gasteiger partial charge in [0.05, 0.1) is 6.20 Å².